The molecular weight excluding hydrogens is 183 g/mol. The van der Waals surface area contributed by atoms with Crippen molar-refractivity contribution in [2.24, 2.45) is 0 Å². The third-order valence-corrected chi connectivity index (χ3v) is 1.75. The first-order valence-electron chi connectivity index (χ1n) is 4.54. The van der Waals surface area contributed by atoms with E-state index < -0.39 is 5.82 Å². The van der Waals surface area contributed by atoms with Crippen LogP contribution in [0.15, 0.2) is 24.7 Å². The van der Waals surface area contributed by atoms with Gasteiger partial charge in [0.1, 0.15) is 0 Å². The summed E-state index contributed by atoms with van der Waals surface area (Å²) < 4.78 is 14.8. The van der Waals surface area contributed by atoms with Crippen molar-refractivity contribution in [3.8, 4) is 0 Å². The van der Waals surface area contributed by atoms with Crippen LogP contribution in [0, 0.1) is 5.82 Å². The predicted molar refractivity (Wildman–Crippen MR) is 52.4 cm³/mol. The Labute approximate surface area is 81.8 Å². The van der Waals surface area contributed by atoms with Gasteiger partial charge in [-0.3, -0.25) is 0 Å². The van der Waals surface area contributed by atoms with E-state index in [2.05, 4.69) is 4.98 Å². The highest BCUT2D eigenvalue weighted by molar-refractivity contribution is 5.43. The molecule has 0 spiro atoms. The molecule has 0 aliphatic rings. The van der Waals surface area contributed by atoms with Crippen molar-refractivity contribution in [2.45, 2.75) is 20.5 Å². The molecule has 0 fully saturated rings. The van der Waals surface area contributed by atoms with Crippen LogP contribution in [0.3, 0.4) is 0 Å². The van der Waals surface area contributed by atoms with Crippen LogP contribution >= 0.6 is 0 Å². The van der Waals surface area contributed by atoms with Crippen LogP contribution in [0.1, 0.15) is 19.4 Å². The minimum absolute atomic E-state index is 0.251. The molecule has 2 aromatic heterocycles. The monoisotopic (exact) mass is 196 g/mol. The lowest BCUT2D eigenvalue weighted by atomic mass is 10.2. The second kappa shape index (κ2) is 4.72. The molecule has 0 bridgehead atoms. The molecule has 14 heavy (non-hydrogen) atoms. The van der Waals surface area contributed by atoms with E-state index in [1.165, 1.54) is 12.3 Å². The molecule has 2 heterocycles. The third-order valence-electron chi connectivity index (χ3n) is 1.75. The largest absolute Gasteiger partial charge is 0.392 e. The number of hydrogen-bond acceptors (Lipinski definition) is 2. The summed E-state index contributed by atoms with van der Waals surface area (Å²) in [5.74, 6) is -0.454. The molecule has 0 unspecified atom stereocenters. The molecule has 0 saturated carbocycles. The average molecular weight is 196 g/mol. The van der Waals surface area contributed by atoms with Gasteiger partial charge in [-0.15, -0.1) is 0 Å². The maximum atomic E-state index is 13.3. The van der Waals surface area contributed by atoms with Gasteiger partial charge in [-0.2, -0.15) is 0 Å². The first-order valence-corrected chi connectivity index (χ1v) is 4.54. The highest BCUT2D eigenvalue weighted by atomic mass is 19.1. The summed E-state index contributed by atoms with van der Waals surface area (Å²) in [6, 6.07) is 1.53. The van der Waals surface area contributed by atoms with Crippen molar-refractivity contribution in [1.29, 1.82) is 0 Å². The molecule has 0 aliphatic heterocycles. The molecule has 4 heteroatoms. The molecule has 3 nitrogen and oxygen atoms in total. The normalized spacial score (nSPS) is 9.71. The average Bonchev–Trinajstić information content (AvgIpc) is 2.70. The Kier molecular flexibility index (Phi) is 3.59. The standard InChI is InChI=1S/C8H7FN2O.C2H6/c9-7-6(5-12)1-3-11-4-2-10-8(7)11;1-2/h1-4,12H,5H2;1-2H3. The Bertz CT molecular complexity index is 411. The molecule has 0 radical (unpaired) electrons. The first-order chi connectivity index (χ1) is 6.83. The lowest BCUT2D eigenvalue weighted by Crippen LogP contribution is -1.94. The Morgan fingerprint density at radius 1 is 1.43 bits per heavy atom. The first kappa shape index (κ1) is 10.7. The molecule has 0 amide bonds. The fourth-order valence-electron chi connectivity index (χ4n) is 1.11. The minimum atomic E-state index is -0.454. The number of fused-ring (bicyclic) bond motifs is 1. The van der Waals surface area contributed by atoms with Gasteiger partial charge in [-0.05, 0) is 6.07 Å². The molecule has 0 atom stereocenters. The van der Waals surface area contributed by atoms with E-state index >= 15 is 0 Å². The number of aliphatic hydroxyl groups is 1. The van der Waals surface area contributed by atoms with Gasteiger partial charge in [0.15, 0.2) is 11.5 Å². The van der Waals surface area contributed by atoms with Gasteiger partial charge >= 0.3 is 0 Å². The van der Waals surface area contributed by atoms with Crippen molar-refractivity contribution in [1.82, 2.24) is 9.38 Å². The minimum Gasteiger partial charge on any atom is -0.392 e. The van der Waals surface area contributed by atoms with Crippen LogP contribution in [0.4, 0.5) is 4.39 Å². The second-order valence-electron chi connectivity index (χ2n) is 2.47. The zero-order chi connectivity index (χ0) is 10.6. The smallest absolute Gasteiger partial charge is 0.173 e. The van der Waals surface area contributed by atoms with E-state index in [1.807, 2.05) is 13.8 Å². The highest BCUT2D eigenvalue weighted by Crippen LogP contribution is 2.12. The number of aromatic nitrogens is 2. The van der Waals surface area contributed by atoms with Crippen molar-refractivity contribution in [3.05, 3.63) is 36.0 Å². The predicted octanol–water partition coefficient (Wildman–Crippen LogP) is 1.99. The lowest BCUT2D eigenvalue weighted by Gasteiger charge is -1.99. The van der Waals surface area contributed by atoms with Crippen molar-refractivity contribution < 1.29 is 9.50 Å². The van der Waals surface area contributed by atoms with Gasteiger partial charge in [0.05, 0.1) is 6.61 Å². The van der Waals surface area contributed by atoms with E-state index in [4.69, 9.17) is 5.11 Å². The number of rotatable bonds is 1. The summed E-state index contributed by atoms with van der Waals surface area (Å²) in [6.07, 6.45) is 4.83. The van der Waals surface area contributed by atoms with Crippen LogP contribution in [-0.4, -0.2) is 14.5 Å². The molecule has 76 valence electrons. The third kappa shape index (κ3) is 1.75. The number of imidazole rings is 1. The number of pyridine rings is 1. The van der Waals surface area contributed by atoms with Gasteiger partial charge < -0.3 is 9.51 Å². The van der Waals surface area contributed by atoms with E-state index in [9.17, 15) is 4.39 Å². The number of hydrogen-bond donors (Lipinski definition) is 1. The van der Waals surface area contributed by atoms with Gasteiger partial charge in [0, 0.05) is 24.2 Å². The molecule has 0 aromatic carbocycles. The summed E-state index contributed by atoms with van der Waals surface area (Å²) in [5.41, 5.74) is 0.523. The fourth-order valence-corrected chi connectivity index (χ4v) is 1.11. The van der Waals surface area contributed by atoms with E-state index in [-0.39, 0.29) is 17.8 Å². The Morgan fingerprint density at radius 3 is 2.79 bits per heavy atom. The summed E-state index contributed by atoms with van der Waals surface area (Å²) in [7, 11) is 0. The molecule has 0 aliphatic carbocycles. The van der Waals surface area contributed by atoms with Gasteiger partial charge in [0.2, 0.25) is 0 Å². The Hall–Kier alpha value is -1.42. The second-order valence-corrected chi connectivity index (χ2v) is 2.47. The number of aliphatic hydroxyl groups excluding tert-OH is 1. The lowest BCUT2D eigenvalue weighted by molar-refractivity contribution is 0.276. The SMILES string of the molecule is CC.OCc1ccn2ccnc2c1F. The maximum absolute atomic E-state index is 13.3. The number of nitrogens with zero attached hydrogens (tertiary/aromatic N) is 2. The van der Waals surface area contributed by atoms with Gasteiger partial charge in [-0.1, -0.05) is 13.8 Å². The van der Waals surface area contributed by atoms with E-state index in [1.54, 1.807) is 16.8 Å². The Morgan fingerprint density at radius 2 is 2.14 bits per heavy atom. The van der Waals surface area contributed by atoms with Crippen LogP contribution in [0.2, 0.25) is 0 Å². The van der Waals surface area contributed by atoms with Crippen molar-refractivity contribution in [3.63, 3.8) is 0 Å². The van der Waals surface area contributed by atoms with Crippen molar-refractivity contribution >= 4 is 5.65 Å². The molecule has 2 rings (SSSR count). The zero-order valence-electron chi connectivity index (χ0n) is 8.24. The Balaban J connectivity index is 0.000000461. The van der Waals surface area contributed by atoms with E-state index in [0.29, 0.717) is 0 Å². The highest BCUT2D eigenvalue weighted by Gasteiger charge is 2.06. The quantitative estimate of drug-likeness (QED) is 0.757. The summed E-state index contributed by atoms with van der Waals surface area (Å²) >= 11 is 0. The molecule has 1 N–H and O–H groups in total. The van der Waals surface area contributed by atoms with Crippen LogP contribution in [-0.2, 0) is 6.61 Å². The molecule has 0 saturated heterocycles. The van der Waals surface area contributed by atoms with Crippen LogP contribution in [0.25, 0.3) is 5.65 Å². The summed E-state index contributed by atoms with van der Waals surface area (Å²) in [4.78, 5) is 3.80. The van der Waals surface area contributed by atoms with E-state index in [0.717, 1.165) is 0 Å². The van der Waals surface area contributed by atoms with Gasteiger partial charge in [0.25, 0.3) is 0 Å². The van der Waals surface area contributed by atoms with Crippen molar-refractivity contribution in [2.75, 3.05) is 0 Å². The maximum Gasteiger partial charge on any atom is 0.173 e. The summed E-state index contributed by atoms with van der Waals surface area (Å²) in [5, 5.41) is 8.74. The van der Waals surface area contributed by atoms with Crippen LogP contribution < -0.4 is 0 Å². The molecule has 2 aromatic rings. The summed E-state index contributed by atoms with van der Waals surface area (Å²) in [6.45, 7) is 3.70. The zero-order valence-corrected chi connectivity index (χ0v) is 8.24. The molecular formula is C10H13FN2O. The van der Waals surface area contributed by atoms with Gasteiger partial charge in [-0.25, -0.2) is 9.37 Å². The van der Waals surface area contributed by atoms with Crippen LogP contribution in [0.5, 0.6) is 0 Å². The topological polar surface area (TPSA) is 37.5 Å². The fraction of sp³-hybridized carbons (Fsp3) is 0.300. The number of halogens is 1.